The number of fused-ring (bicyclic) bond motifs is 1. The van der Waals surface area contributed by atoms with Gasteiger partial charge in [0.2, 0.25) is 5.91 Å². The average Bonchev–Trinajstić information content (AvgIpc) is 2.63. The van der Waals surface area contributed by atoms with E-state index < -0.39 is 0 Å². The van der Waals surface area contributed by atoms with Crippen molar-refractivity contribution in [3.63, 3.8) is 0 Å². The molecule has 1 aromatic carbocycles. The highest BCUT2D eigenvalue weighted by Gasteiger charge is 2.16. The standard InChI is InChI=1S/C9H9NO.2C2H6/c1-6-2-3-8-7(4-6)5-9(11)10-8;2*1-2/h2-4H,5H2,1H3,(H,10,11);2*1-2H3. The highest BCUT2D eigenvalue weighted by Crippen LogP contribution is 2.23. The average molecular weight is 207 g/mol. The number of hydrogen-bond donors (Lipinski definition) is 1. The van der Waals surface area contributed by atoms with Gasteiger partial charge in [-0.25, -0.2) is 0 Å². The van der Waals surface area contributed by atoms with Crippen LogP contribution in [-0.4, -0.2) is 5.91 Å². The fourth-order valence-corrected chi connectivity index (χ4v) is 1.36. The van der Waals surface area contributed by atoms with Crippen LogP contribution < -0.4 is 5.32 Å². The maximum atomic E-state index is 10.9. The smallest absolute Gasteiger partial charge is 0.228 e. The summed E-state index contributed by atoms with van der Waals surface area (Å²) in [5, 5.41) is 2.79. The quantitative estimate of drug-likeness (QED) is 0.692. The molecule has 0 aliphatic carbocycles. The van der Waals surface area contributed by atoms with Crippen LogP contribution in [-0.2, 0) is 11.2 Å². The molecule has 0 radical (unpaired) electrons. The lowest BCUT2D eigenvalue weighted by molar-refractivity contribution is -0.115. The molecule has 0 unspecified atom stereocenters. The highest BCUT2D eigenvalue weighted by atomic mass is 16.1. The fraction of sp³-hybridized carbons (Fsp3) is 0.462. The Balaban J connectivity index is 0.000000442. The molecule has 0 spiro atoms. The molecule has 1 aromatic rings. The Labute approximate surface area is 92.7 Å². The first-order valence-electron chi connectivity index (χ1n) is 5.65. The van der Waals surface area contributed by atoms with Gasteiger partial charge in [0.15, 0.2) is 0 Å². The molecule has 0 fully saturated rings. The molecule has 2 heteroatoms. The Morgan fingerprint density at radius 1 is 1.13 bits per heavy atom. The molecule has 2 nitrogen and oxygen atoms in total. The van der Waals surface area contributed by atoms with Gasteiger partial charge in [-0.3, -0.25) is 4.79 Å². The minimum Gasteiger partial charge on any atom is -0.326 e. The fourth-order valence-electron chi connectivity index (χ4n) is 1.36. The molecule has 1 heterocycles. The van der Waals surface area contributed by atoms with Crippen LogP contribution in [0.2, 0.25) is 0 Å². The molecular formula is C13H21NO. The van der Waals surface area contributed by atoms with E-state index in [4.69, 9.17) is 0 Å². The van der Waals surface area contributed by atoms with Crippen LogP contribution in [0.15, 0.2) is 18.2 Å². The summed E-state index contributed by atoms with van der Waals surface area (Å²) in [6, 6.07) is 6.01. The third kappa shape index (κ3) is 3.74. The van der Waals surface area contributed by atoms with Gasteiger partial charge < -0.3 is 5.32 Å². The third-order valence-electron chi connectivity index (χ3n) is 1.89. The zero-order chi connectivity index (χ0) is 11.8. The number of aryl methyl sites for hydroxylation is 1. The van der Waals surface area contributed by atoms with Crippen molar-refractivity contribution in [2.75, 3.05) is 5.32 Å². The predicted octanol–water partition coefficient (Wildman–Crippen LogP) is 3.54. The molecule has 1 aliphatic heterocycles. The van der Waals surface area contributed by atoms with Crippen molar-refractivity contribution in [2.24, 2.45) is 0 Å². The summed E-state index contributed by atoms with van der Waals surface area (Å²) >= 11 is 0. The summed E-state index contributed by atoms with van der Waals surface area (Å²) in [5.41, 5.74) is 3.30. The Morgan fingerprint density at radius 2 is 1.73 bits per heavy atom. The molecule has 2 rings (SSSR count). The van der Waals surface area contributed by atoms with Gasteiger partial charge in [0.1, 0.15) is 0 Å². The zero-order valence-electron chi connectivity index (χ0n) is 10.3. The molecule has 1 amide bonds. The number of carbonyl (C=O) groups is 1. The molecular weight excluding hydrogens is 186 g/mol. The van der Waals surface area contributed by atoms with Gasteiger partial charge in [0.05, 0.1) is 6.42 Å². The third-order valence-corrected chi connectivity index (χ3v) is 1.89. The van der Waals surface area contributed by atoms with Crippen LogP contribution >= 0.6 is 0 Å². The highest BCUT2D eigenvalue weighted by molar-refractivity contribution is 5.99. The minimum atomic E-state index is 0.102. The molecule has 0 aromatic heterocycles. The zero-order valence-corrected chi connectivity index (χ0v) is 10.3. The van der Waals surface area contributed by atoms with E-state index in [9.17, 15) is 4.79 Å². The van der Waals surface area contributed by atoms with Crippen LogP contribution in [0.3, 0.4) is 0 Å². The van der Waals surface area contributed by atoms with E-state index in [0.717, 1.165) is 11.3 Å². The summed E-state index contributed by atoms with van der Waals surface area (Å²) in [4.78, 5) is 10.9. The maximum Gasteiger partial charge on any atom is 0.228 e. The lowest BCUT2D eigenvalue weighted by atomic mass is 10.1. The van der Waals surface area contributed by atoms with Gasteiger partial charge >= 0.3 is 0 Å². The van der Waals surface area contributed by atoms with Crippen molar-refractivity contribution >= 4 is 11.6 Å². The Kier molecular flexibility index (Phi) is 6.43. The Morgan fingerprint density at radius 3 is 2.33 bits per heavy atom. The van der Waals surface area contributed by atoms with E-state index in [1.165, 1.54) is 5.56 Å². The number of amides is 1. The van der Waals surface area contributed by atoms with Gasteiger partial charge in [-0.15, -0.1) is 0 Å². The van der Waals surface area contributed by atoms with Crippen molar-refractivity contribution < 1.29 is 4.79 Å². The number of carbonyl (C=O) groups excluding carboxylic acids is 1. The Bertz CT molecular complexity index is 318. The van der Waals surface area contributed by atoms with Crippen molar-refractivity contribution in [3.8, 4) is 0 Å². The van der Waals surface area contributed by atoms with Crippen molar-refractivity contribution in [1.29, 1.82) is 0 Å². The molecule has 0 saturated carbocycles. The molecule has 15 heavy (non-hydrogen) atoms. The van der Waals surface area contributed by atoms with E-state index in [-0.39, 0.29) is 5.91 Å². The van der Waals surface area contributed by atoms with Gasteiger partial charge in [-0.2, -0.15) is 0 Å². The largest absolute Gasteiger partial charge is 0.326 e. The number of nitrogens with one attached hydrogen (secondary N) is 1. The lowest BCUT2D eigenvalue weighted by Crippen LogP contribution is -2.03. The van der Waals surface area contributed by atoms with Gasteiger partial charge in [0, 0.05) is 5.69 Å². The van der Waals surface area contributed by atoms with E-state index in [1.54, 1.807) is 0 Å². The summed E-state index contributed by atoms with van der Waals surface area (Å²) in [5.74, 6) is 0.102. The van der Waals surface area contributed by atoms with Crippen LogP contribution in [0.4, 0.5) is 5.69 Å². The molecule has 0 saturated heterocycles. The number of hydrogen-bond acceptors (Lipinski definition) is 1. The predicted molar refractivity (Wildman–Crippen MR) is 66.2 cm³/mol. The molecule has 0 atom stereocenters. The second kappa shape index (κ2) is 7.04. The SMILES string of the molecule is CC.CC.Cc1ccc2c(c1)CC(=O)N2. The van der Waals surface area contributed by atoms with E-state index in [0.29, 0.717) is 6.42 Å². The van der Waals surface area contributed by atoms with Crippen molar-refractivity contribution in [1.82, 2.24) is 0 Å². The molecule has 1 N–H and O–H groups in total. The normalized spacial score (nSPS) is 11.4. The number of benzene rings is 1. The van der Waals surface area contributed by atoms with Crippen LogP contribution in [0.25, 0.3) is 0 Å². The van der Waals surface area contributed by atoms with Gasteiger partial charge in [-0.1, -0.05) is 45.4 Å². The van der Waals surface area contributed by atoms with Crippen LogP contribution in [0.5, 0.6) is 0 Å². The van der Waals surface area contributed by atoms with Gasteiger partial charge in [-0.05, 0) is 18.6 Å². The van der Waals surface area contributed by atoms with E-state index in [1.807, 2.05) is 52.8 Å². The number of rotatable bonds is 0. The van der Waals surface area contributed by atoms with Crippen LogP contribution in [0.1, 0.15) is 38.8 Å². The van der Waals surface area contributed by atoms with Crippen molar-refractivity contribution in [3.05, 3.63) is 29.3 Å². The first-order valence-corrected chi connectivity index (χ1v) is 5.65. The maximum absolute atomic E-state index is 10.9. The lowest BCUT2D eigenvalue weighted by Gasteiger charge is -1.97. The first-order chi connectivity index (χ1) is 7.25. The van der Waals surface area contributed by atoms with E-state index in [2.05, 4.69) is 5.32 Å². The summed E-state index contributed by atoms with van der Waals surface area (Å²) in [6.07, 6.45) is 0.539. The monoisotopic (exact) mass is 207 g/mol. The van der Waals surface area contributed by atoms with Crippen LogP contribution in [0, 0.1) is 6.92 Å². The molecule has 0 bridgehead atoms. The van der Waals surface area contributed by atoms with E-state index >= 15 is 0 Å². The second-order valence-electron chi connectivity index (χ2n) is 2.89. The van der Waals surface area contributed by atoms with Crippen molar-refractivity contribution in [2.45, 2.75) is 41.0 Å². The topological polar surface area (TPSA) is 29.1 Å². The molecule has 84 valence electrons. The second-order valence-corrected chi connectivity index (χ2v) is 2.89. The number of anilines is 1. The Hall–Kier alpha value is -1.31. The summed E-state index contributed by atoms with van der Waals surface area (Å²) < 4.78 is 0. The minimum absolute atomic E-state index is 0.102. The summed E-state index contributed by atoms with van der Waals surface area (Å²) in [7, 11) is 0. The van der Waals surface area contributed by atoms with Gasteiger partial charge in [0.25, 0.3) is 0 Å². The summed E-state index contributed by atoms with van der Waals surface area (Å²) in [6.45, 7) is 10.0. The first kappa shape index (κ1) is 13.7. The molecule has 1 aliphatic rings.